The number of Topliss-reactive ketones (excluding diaryl/α,β-unsaturated/α-hetero) is 1. The second kappa shape index (κ2) is 9.90. The minimum Gasteiger partial charge on any atom is -0.507 e. The average Bonchev–Trinajstić information content (AvgIpc) is 3.14. The van der Waals surface area contributed by atoms with E-state index >= 15 is 0 Å². The maximum absolute atomic E-state index is 13.9. The number of methoxy groups -OCH3 is 2. The van der Waals surface area contributed by atoms with E-state index in [-0.39, 0.29) is 27.5 Å². The molecule has 4 rings (SSSR count). The number of ether oxygens (including phenoxy) is 2. The number of ketones is 1. The number of anilines is 1. The van der Waals surface area contributed by atoms with Crippen LogP contribution in [0.2, 0.25) is 5.02 Å². The molecule has 1 fully saturated rings. The number of rotatable bonds is 5. The van der Waals surface area contributed by atoms with Crippen LogP contribution in [0.1, 0.15) is 43.5 Å². The third-order valence-electron chi connectivity index (χ3n) is 6.34. The molecule has 1 heterocycles. The quantitative estimate of drug-likeness (QED) is 0.237. The van der Waals surface area contributed by atoms with Gasteiger partial charge < -0.3 is 14.6 Å². The van der Waals surface area contributed by atoms with Crippen LogP contribution in [0.3, 0.4) is 0 Å². The van der Waals surface area contributed by atoms with Gasteiger partial charge in [-0.2, -0.15) is 0 Å². The predicted molar refractivity (Wildman–Crippen MR) is 141 cm³/mol. The van der Waals surface area contributed by atoms with Crippen LogP contribution in [0.25, 0.3) is 5.76 Å². The average molecular weight is 524 g/mol. The van der Waals surface area contributed by atoms with Gasteiger partial charge in [-0.05, 0) is 59.5 Å². The van der Waals surface area contributed by atoms with Crippen LogP contribution in [-0.4, -0.2) is 31.0 Å². The molecular formula is C29H27ClFNO5. The molecule has 8 heteroatoms. The van der Waals surface area contributed by atoms with E-state index in [4.69, 9.17) is 21.1 Å². The number of halogens is 2. The molecule has 0 aliphatic carbocycles. The van der Waals surface area contributed by atoms with E-state index in [1.165, 1.54) is 24.1 Å². The van der Waals surface area contributed by atoms with Crippen molar-refractivity contribution < 1.29 is 28.6 Å². The molecule has 1 unspecified atom stereocenters. The van der Waals surface area contributed by atoms with Gasteiger partial charge in [-0.15, -0.1) is 0 Å². The largest absolute Gasteiger partial charge is 0.507 e. The molecule has 0 radical (unpaired) electrons. The van der Waals surface area contributed by atoms with E-state index < -0.39 is 23.5 Å². The fourth-order valence-corrected chi connectivity index (χ4v) is 4.61. The van der Waals surface area contributed by atoms with E-state index in [0.717, 1.165) is 11.6 Å². The molecule has 1 saturated heterocycles. The minimum atomic E-state index is -0.993. The van der Waals surface area contributed by atoms with Gasteiger partial charge in [0, 0.05) is 16.8 Å². The molecule has 0 aromatic heterocycles. The zero-order chi connectivity index (χ0) is 27.1. The highest BCUT2D eigenvalue weighted by atomic mass is 35.5. The summed E-state index contributed by atoms with van der Waals surface area (Å²) in [4.78, 5) is 28.0. The summed E-state index contributed by atoms with van der Waals surface area (Å²) in [6.45, 7) is 6.01. The number of amides is 1. The monoisotopic (exact) mass is 523 g/mol. The third-order valence-corrected chi connectivity index (χ3v) is 6.63. The first-order chi connectivity index (χ1) is 17.5. The topological polar surface area (TPSA) is 76.1 Å². The number of nitrogens with zero attached hydrogens (tertiary/aromatic N) is 1. The highest BCUT2D eigenvalue weighted by molar-refractivity contribution is 6.51. The molecular weight excluding hydrogens is 497 g/mol. The number of hydrogen-bond donors (Lipinski definition) is 1. The van der Waals surface area contributed by atoms with Crippen molar-refractivity contribution in [3.8, 4) is 11.5 Å². The van der Waals surface area contributed by atoms with Gasteiger partial charge in [0.25, 0.3) is 11.7 Å². The van der Waals surface area contributed by atoms with Gasteiger partial charge in [-0.3, -0.25) is 14.5 Å². The second-order valence-corrected chi connectivity index (χ2v) is 10.1. The zero-order valence-corrected chi connectivity index (χ0v) is 21.9. The summed E-state index contributed by atoms with van der Waals surface area (Å²) in [6, 6.07) is 14.7. The number of aliphatic hydroxyl groups excluding tert-OH is 1. The molecule has 0 spiro atoms. The Bertz CT molecular complexity index is 1410. The number of aliphatic hydroxyl groups is 1. The zero-order valence-electron chi connectivity index (χ0n) is 21.1. The standard InChI is InChI=1S/C29H27ClFNO5/c1-29(2,3)20-14-17(8-13-23(20)37-5)26(33)24-25(16-6-10-19(36-4)11-7-16)32(28(35)27(24)34)18-9-12-22(31)21(30)15-18/h6-15,25,33H,1-5H3/b26-24-. The van der Waals surface area contributed by atoms with Crippen molar-refractivity contribution in [1.82, 2.24) is 0 Å². The van der Waals surface area contributed by atoms with E-state index in [0.29, 0.717) is 22.6 Å². The summed E-state index contributed by atoms with van der Waals surface area (Å²) >= 11 is 6.01. The molecule has 0 saturated carbocycles. The van der Waals surface area contributed by atoms with Crippen molar-refractivity contribution in [2.24, 2.45) is 0 Å². The number of carbonyl (C=O) groups excluding carboxylic acids is 2. The lowest BCUT2D eigenvalue weighted by atomic mass is 9.84. The van der Waals surface area contributed by atoms with Crippen LogP contribution < -0.4 is 14.4 Å². The smallest absolute Gasteiger partial charge is 0.300 e. The summed E-state index contributed by atoms with van der Waals surface area (Å²) in [5.74, 6) is -1.51. The third kappa shape index (κ3) is 4.79. The van der Waals surface area contributed by atoms with Crippen LogP contribution in [0.4, 0.5) is 10.1 Å². The fraction of sp³-hybridized carbons (Fsp3) is 0.241. The number of carbonyl (C=O) groups is 2. The maximum Gasteiger partial charge on any atom is 0.300 e. The molecule has 1 N–H and O–H groups in total. The Morgan fingerprint density at radius 1 is 0.973 bits per heavy atom. The van der Waals surface area contributed by atoms with Gasteiger partial charge in [-0.25, -0.2) is 4.39 Å². The summed E-state index contributed by atoms with van der Waals surface area (Å²) in [5, 5.41) is 11.3. The number of benzene rings is 3. The van der Waals surface area contributed by atoms with Crippen LogP contribution in [0.15, 0.2) is 66.2 Å². The molecule has 0 bridgehead atoms. The molecule has 3 aromatic rings. The molecule has 1 atom stereocenters. The highest BCUT2D eigenvalue weighted by Gasteiger charge is 2.47. The van der Waals surface area contributed by atoms with E-state index in [1.54, 1.807) is 49.6 Å². The molecule has 1 amide bonds. The summed E-state index contributed by atoms with van der Waals surface area (Å²) < 4.78 is 24.7. The Hall–Kier alpha value is -3.84. The predicted octanol–water partition coefficient (Wildman–Crippen LogP) is 6.42. The van der Waals surface area contributed by atoms with Crippen LogP contribution >= 0.6 is 11.6 Å². The van der Waals surface area contributed by atoms with E-state index in [9.17, 15) is 19.1 Å². The summed E-state index contributed by atoms with van der Waals surface area (Å²) in [7, 11) is 3.09. The van der Waals surface area contributed by atoms with Crippen molar-refractivity contribution in [3.05, 3.63) is 93.8 Å². The van der Waals surface area contributed by atoms with Crippen LogP contribution in [-0.2, 0) is 15.0 Å². The normalized spacial score (nSPS) is 17.3. The van der Waals surface area contributed by atoms with Crippen LogP contribution in [0.5, 0.6) is 11.5 Å². The second-order valence-electron chi connectivity index (χ2n) is 9.71. The maximum atomic E-state index is 13.9. The van der Waals surface area contributed by atoms with Crippen molar-refractivity contribution in [2.45, 2.75) is 32.2 Å². The van der Waals surface area contributed by atoms with Crippen molar-refractivity contribution in [1.29, 1.82) is 0 Å². The minimum absolute atomic E-state index is 0.0966. The molecule has 1 aliphatic rings. The number of hydrogen-bond acceptors (Lipinski definition) is 5. The molecule has 192 valence electrons. The summed E-state index contributed by atoms with van der Waals surface area (Å²) in [6.07, 6.45) is 0. The van der Waals surface area contributed by atoms with Crippen LogP contribution in [0, 0.1) is 5.82 Å². The lowest BCUT2D eigenvalue weighted by Gasteiger charge is -2.26. The first-order valence-electron chi connectivity index (χ1n) is 11.6. The van der Waals surface area contributed by atoms with Gasteiger partial charge in [-0.1, -0.05) is 44.5 Å². The Kier molecular flexibility index (Phi) is 7.02. The first-order valence-corrected chi connectivity index (χ1v) is 11.9. The molecule has 3 aromatic carbocycles. The Balaban J connectivity index is 1.96. The SMILES string of the molecule is COc1ccc(C2/C(=C(/O)c3ccc(OC)c(C(C)(C)C)c3)C(=O)C(=O)N2c2ccc(F)c(Cl)c2)cc1. The van der Waals surface area contributed by atoms with Gasteiger partial charge in [0.2, 0.25) is 0 Å². The van der Waals surface area contributed by atoms with Gasteiger partial charge in [0.15, 0.2) is 0 Å². The lowest BCUT2D eigenvalue weighted by molar-refractivity contribution is -0.132. The summed E-state index contributed by atoms with van der Waals surface area (Å²) in [5.41, 5.74) is 1.53. The molecule has 37 heavy (non-hydrogen) atoms. The molecule has 6 nitrogen and oxygen atoms in total. The Labute approximate surface area is 219 Å². The van der Waals surface area contributed by atoms with Gasteiger partial charge in [0.05, 0.1) is 30.9 Å². The Morgan fingerprint density at radius 2 is 1.65 bits per heavy atom. The lowest BCUT2D eigenvalue weighted by Crippen LogP contribution is -2.29. The van der Waals surface area contributed by atoms with Crippen molar-refractivity contribution >= 4 is 34.7 Å². The van der Waals surface area contributed by atoms with E-state index in [1.807, 2.05) is 20.8 Å². The Morgan fingerprint density at radius 3 is 2.22 bits per heavy atom. The molecule has 1 aliphatic heterocycles. The highest BCUT2D eigenvalue weighted by Crippen LogP contribution is 2.44. The fourth-order valence-electron chi connectivity index (χ4n) is 4.43. The van der Waals surface area contributed by atoms with E-state index in [2.05, 4.69) is 0 Å². The van der Waals surface area contributed by atoms with Crippen molar-refractivity contribution in [2.75, 3.05) is 19.1 Å². The van der Waals surface area contributed by atoms with Gasteiger partial charge >= 0.3 is 0 Å². The first kappa shape index (κ1) is 26.2. The van der Waals surface area contributed by atoms with Crippen molar-refractivity contribution in [3.63, 3.8) is 0 Å². The van der Waals surface area contributed by atoms with Gasteiger partial charge in [0.1, 0.15) is 23.1 Å².